The van der Waals surface area contributed by atoms with Crippen LogP contribution in [0.3, 0.4) is 0 Å². The van der Waals surface area contributed by atoms with E-state index in [9.17, 15) is 4.79 Å². The largest absolute Gasteiger partial charge is 0.366 e. The Balaban J connectivity index is 2.05. The van der Waals surface area contributed by atoms with E-state index < -0.39 is 0 Å². The summed E-state index contributed by atoms with van der Waals surface area (Å²) in [5.41, 5.74) is 2.67. The van der Waals surface area contributed by atoms with Gasteiger partial charge >= 0.3 is 0 Å². The Morgan fingerprint density at radius 1 is 1.58 bits per heavy atom. The van der Waals surface area contributed by atoms with E-state index in [1.54, 1.807) is 0 Å². The van der Waals surface area contributed by atoms with E-state index in [-0.39, 0.29) is 5.91 Å². The molecule has 102 valence electrons. The van der Waals surface area contributed by atoms with Crippen LogP contribution in [-0.4, -0.2) is 43.6 Å². The summed E-state index contributed by atoms with van der Waals surface area (Å²) in [6.45, 7) is 6.67. The van der Waals surface area contributed by atoms with Crippen LogP contribution >= 0.6 is 0 Å². The summed E-state index contributed by atoms with van der Waals surface area (Å²) < 4.78 is 0. The zero-order valence-corrected chi connectivity index (χ0v) is 11.7. The van der Waals surface area contributed by atoms with E-state index in [0.717, 1.165) is 24.5 Å². The van der Waals surface area contributed by atoms with Gasteiger partial charge in [-0.25, -0.2) is 4.98 Å². The monoisotopic (exact) mass is 260 g/mol. The van der Waals surface area contributed by atoms with Gasteiger partial charge < -0.3 is 15.1 Å². The van der Waals surface area contributed by atoms with E-state index in [1.165, 1.54) is 12.1 Å². The van der Waals surface area contributed by atoms with Crippen molar-refractivity contribution in [2.75, 3.05) is 36.5 Å². The molecule has 1 aromatic heterocycles. The second kappa shape index (κ2) is 4.40. The molecule has 1 atom stereocenters. The highest BCUT2D eigenvalue weighted by atomic mass is 16.1. The summed E-state index contributed by atoms with van der Waals surface area (Å²) in [5, 5.41) is 2.83. The van der Waals surface area contributed by atoms with Gasteiger partial charge in [0.2, 0.25) is 0 Å². The first-order chi connectivity index (χ1) is 9.11. The number of likely N-dealkylation sites (N-methyl/N-ethyl adjacent to an activating group) is 1. The molecule has 0 spiro atoms. The van der Waals surface area contributed by atoms with Crippen molar-refractivity contribution in [3.63, 3.8) is 0 Å². The Kier molecular flexibility index (Phi) is 2.84. The van der Waals surface area contributed by atoms with Gasteiger partial charge in [-0.05, 0) is 31.9 Å². The van der Waals surface area contributed by atoms with Crippen LogP contribution in [-0.2, 0) is 0 Å². The molecule has 2 aliphatic heterocycles. The van der Waals surface area contributed by atoms with Crippen LogP contribution < -0.4 is 15.1 Å². The molecule has 0 aromatic carbocycles. The molecule has 2 aliphatic rings. The smallest absolute Gasteiger partial charge is 0.270 e. The number of pyridine rings is 1. The maximum Gasteiger partial charge on any atom is 0.270 e. The highest BCUT2D eigenvalue weighted by molar-refractivity contribution is 5.95. The van der Waals surface area contributed by atoms with Crippen LogP contribution in [0.4, 0.5) is 11.5 Å². The average Bonchev–Trinajstić information content (AvgIpc) is 2.82. The van der Waals surface area contributed by atoms with Gasteiger partial charge in [-0.3, -0.25) is 4.79 Å². The molecule has 0 aliphatic carbocycles. The Labute approximate surface area is 113 Å². The number of carbonyl (C=O) groups excluding carboxylic acids is 1. The molecule has 5 heteroatoms. The Morgan fingerprint density at radius 3 is 3.11 bits per heavy atom. The van der Waals surface area contributed by atoms with Crippen LogP contribution in [0.5, 0.6) is 0 Å². The van der Waals surface area contributed by atoms with Gasteiger partial charge in [-0.2, -0.15) is 0 Å². The number of fused-ring (bicyclic) bond motifs is 4. The summed E-state index contributed by atoms with van der Waals surface area (Å²) in [6.07, 6.45) is 1.17. The lowest BCUT2D eigenvalue weighted by Gasteiger charge is -2.35. The molecular weight excluding hydrogens is 240 g/mol. The molecule has 1 saturated heterocycles. The standard InChI is InChI=1S/C14H20N4O/c1-4-15-14(19)12-9(2)7-11-13(16-12)17(3)10-5-6-18(11)8-10/h7,10H,4-6,8H2,1-3H3,(H,15,19). The Morgan fingerprint density at radius 2 is 2.37 bits per heavy atom. The van der Waals surface area contributed by atoms with E-state index in [4.69, 9.17) is 0 Å². The fourth-order valence-electron chi connectivity index (χ4n) is 3.01. The third kappa shape index (κ3) is 1.84. The third-order valence-corrected chi connectivity index (χ3v) is 4.11. The zero-order chi connectivity index (χ0) is 13.6. The van der Waals surface area contributed by atoms with E-state index in [0.29, 0.717) is 18.3 Å². The van der Waals surface area contributed by atoms with Gasteiger partial charge in [0.05, 0.1) is 5.69 Å². The summed E-state index contributed by atoms with van der Waals surface area (Å²) in [6, 6.07) is 2.63. The van der Waals surface area contributed by atoms with Gasteiger partial charge in [0.1, 0.15) is 5.69 Å². The number of rotatable bonds is 2. The number of hydrogen-bond acceptors (Lipinski definition) is 4. The summed E-state index contributed by atoms with van der Waals surface area (Å²) in [5.74, 6) is 0.865. The predicted octanol–water partition coefficient (Wildman–Crippen LogP) is 1.17. The topological polar surface area (TPSA) is 48.5 Å². The van der Waals surface area contributed by atoms with Crippen LogP contribution in [0.2, 0.25) is 0 Å². The molecular formula is C14H20N4O. The molecule has 3 rings (SSSR count). The van der Waals surface area contributed by atoms with Gasteiger partial charge in [0, 0.05) is 32.7 Å². The minimum atomic E-state index is -0.0795. The molecule has 0 saturated carbocycles. The maximum atomic E-state index is 12.0. The van der Waals surface area contributed by atoms with Crippen molar-refractivity contribution >= 4 is 17.4 Å². The number of hydrogen-bond donors (Lipinski definition) is 1. The van der Waals surface area contributed by atoms with Gasteiger partial charge in [-0.1, -0.05) is 0 Å². The van der Waals surface area contributed by atoms with Crippen molar-refractivity contribution in [2.24, 2.45) is 0 Å². The number of carbonyl (C=O) groups is 1. The maximum absolute atomic E-state index is 12.0. The molecule has 19 heavy (non-hydrogen) atoms. The number of nitrogens with one attached hydrogen (secondary N) is 1. The van der Waals surface area contributed by atoms with Gasteiger partial charge in [0.25, 0.3) is 5.91 Å². The first-order valence-electron chi connectivity index (χ1n) is 6.89. The van der Waals surface area contributed by atoms with Gasteiger partial charge in [-0.15, -0.1) is 0 Å². The summed E-state index contributed by atoms with van der Waals surface area (Å²) in [4.78, 5) is 21.3. The lowest BCUT2D eigenvalue weighted by atomic mass is 10.1. The summed E-state index contributed by atoms with van der Waals surface area (Å²) >= 11 is 0. The summed E-state index contributed by atoms with van der Waals surface area (Å²) in [7, 11) is 2.08. The molecule has 5 nitrogen and oxygen atoms in total. The number of aromatic nitrogens is 1. The second-order valence-electron chi connectivity index (χ2n) is 5.36. The molecule has 1 unspecified atom stereocenters. The first kappa shape index (κ1) is 12.3. The van der Waals surface area contributed by atoms with Crippen molar-refractivity contribution in [1.29, 1.82) is 0 Å². The molecule has 1 aromatic rings. The number of anilines is 2. The number of aryl methyl sites for hydroxylation is 1. The fraction of sp³-hybridized carbons (Fsp3) is 0.571. The van der Waals surface area contributed by atoms with Crippen molar-refractivity contribution < 1.29 is 4.79 Å². The molecule has 1 fully saturated rings. The minimum Gasteiger partial charge on any atom is -0.366 e. The van der Waals surface area contributed by atoms with Crippen molar-refractivity contribution in [3.8, 4) is 0 Å². The van der Waals surface area contributed by atoms with E-state index in [2.05, 4.69) is 33.2 Å². The zero-order valence-electron chi connectivity index (χ0n) is 11.7. The van der Waals surface area contributed by atoms with E-state index >= 15 is 0 Å². The molecule has 3 heterocycles. The van der Waals surface area contributed by atoms with Gasteiger partial charge in [0.15, 0.2) is 5.82 Å². The van der Waals surface area contributed by atoms with E-state index in [1.807, 2.05) is 13.8 Å². The number of nitrogens with zero attached hydrogens (tertiary/aromatic N) is 3. The minimum absolute atomic E-state index is 0.0795. The highest BCUT2D eigenvalue weighted by Crippen LogP contribution is 2.38. The quantitative estimate of drug-likeness (QED) is 0.867. The fourth-order valence-corrected chi connectivity index (χ4v) is 3.01. The third-order valence-electron chi connectivity index (χ3n) is 4.11. The Bertz CT molecular complexity index is 528. The molecule has 1 N–H and O–H groups in total. The highest BCUT2D eigenvalue weighted by Gasteiger charge is 2.35. The predicted molar refractivity (Wildman–Crippen MR) is 76.0 cm³/mol. The first-order valence-corrected chi connectivity index (χ1v) is 6.89. The lowest BCUT2D eigenvalue weighted by Crippen LogP contribution is -2.40. The van der Waals surface area contributed by atoms with Crippen LogP contribution in [0.15, 0.2) is 6.07 Å². The lowest BCUT2D eigenvalue weighted by molar-refractivity contribution is 0.0950. The number of amides is 1. The van der Waals surface area contributed by atoms with Crippen molar-refractivity contribution in [3.05, 3.63) is 17.3 Å². The average molecular weight is 260 g/mol. The van der Waals surface area contributed by atoms with Crippen LogP contribution in [0.25, 0.3) is 0 Å². The van der Waals surface area contributed by atoms with Crippen LogP contribution in [0.1, 0.15) is 29.4 Å². The Hall–Kier alpha value is -1.78. The normalized spacial score (nSPS) is 20.5. The molecule has 2 bridgehead atoms. The molecule has 1 amide bonds. The SMILES string of the molecule is CCNC(=O)c1nc2c(cc1C)N1CCC(C1)N2C. The van der Waals surface area contributed by atoms with Crippen LogP contribution in [0, 0.1) is 6.92 Å². The van der Waals surface area contributed by atoms with Crippen molar-refractivity contribution in [2.45, 2.75) is 26.3 Å². The van der Waals surface area contributed by atoms with Crippen molar-refractivity contribution in [1.82, 2.24) is 10.3 Å². The second-order valence-corrected chi connectivity index (χ2v) is 5.36. The molecule has 0 radical (unpaired) electrons.